The molecule has 0 bridgehead atoms. The predicted molar refractivity (Wildman–Crippen MR) is 93.7 cm³/mol. The van der Waals surface area contributed by atoms with Crippen LogP contribution in [0.15, 0.2) is 48.5 Å². The van der Waals surface area contributed by atoms with Crippen LogP contribution in [-0.4, -0.2) is 28.8 Å². The van der Waals surface area contributed by atoms with Crippen molar-refractivity contribution in [1.82, 2.24) is 0 Å². The summed E-state index contributed by atoms with van der Waals surface area (Å²) >= 11 is 3.99. The van der Waals surface area contributed by atoms with E-state index in [0.29, 0.717) is 5.69 Å². The molecule has 0 aliphatic rings. The van der Waals surface area contributed by atoms with E-state index >= 15 is 0 Å². The third kappa shape index (κ3) is 4.84. The first-order valence-corrected chi connectivity index (χ1v) is 7.71. The van der Waals surface area contributed by atoms with E-state index < -0.39 is 12.0 Å². The number of hydrogen-bond donors (Lipinski definition) is 4. The van der Waals surface area contributed by atoms with Crippen LogP contribution >= 0.6 is 12.6 Å². The lowest BCUT2D eigenvalue weighted by atomic mass is 10.0. The van der Waals surface area contributed by atoms with E-state index in [1.165, 1.54) is 0 Å². The van der Waals surface area contributed by atoms with Crippen molar-refractivity contribution in [2.45, 2.75) is 12.5 Å². The Bertz CT molecular complexity index is 701. The molecule has 0 radical (unpaired) electrons. The SMILES string of the molecule is N[C@@H](CS)C(=O)Nc1ccc(-c2cccc(CC(=O)O)c2)cc1. The molecule has 0 aliphatic heterocycles. The first kappa shape index (κ1) is 17.1. The Morgan fingerprint density at radius 3 is 2.43 bits per heavy atom. The van der Waals surface area contributed by atoms with Crippen molar-refractivity contribution in [3.05, 3.63) is 54.1 Å². The zero-order valence-corrected chi connectivity index (χ0v) is 13.3. The average Bonchev–Trinajstić information content (AvgIpc) is 2.54. The second-order valence-corrected chi connectivity index (χ2v) is 5.49. The van der Waals surface area contributed by atoms with E-state index in [1.807, 2.05) is 30.3 Å². The maximum absolute atomic E-state index is 11.7. The number of carboxylic acids is 1. The number of carbonyl (C=O) groups excluding carboxylic acids is 1. The number of benzene rings is 2. The quantitative estimate of drug-likeness (QED) is 0.611. The lowest BCUT2D eigenvalue weighted by Gasteiger charge is -2.10. The number of nitrogens with two attached hydrogens (primary N) is 1. The summed E-state index contributed by atoms with van der Waals surface area (Å²) in [7, 11) is 0. The van der Waals surface area contributed by atoms with Gasteiger partial charge in [-0.25, -0.2) is 0 Å². The molecular weight excluding hydrogens is 312 g/mol. The molecule has 1 amide bonds. The van der Waals surface area contributed by atoms with Crippen LogP contribution in [-0.2, 0) is 16.0 Å². The molecule has 0 saturated heterocycles. The fourth-order valence-corrected chi connectivity index (χ4v) is 2.27. The van der Waals surface area contributed by atoms with Crippen LogP contribution in [0.5, 0.6) is 0 Å². The fraction of sp³-hybridized carbons (Fsp3) is 0.176. The molecule has 2 rings (SSSR count). The van der Waals surface area contributed by atoms with Gasteiger partial charge in [0.15, 0.2) is 0 Å². The van der Waals surface area contributed by atoms with Crippen molar-refractivity contribution in [2.24, 2.45) is 5.73 Å². The third-order valence-electron chi connectivity index (χ3n) is 3.30. The Balaban J connectivity index is 2.13. The molecule has 0 aromatic heterocycles. The number of carboxylic acid groups (broad SMARTS) is 1. The second-order valence-electron chi connectivity index (χ2n) is 5.13. The monoisotopic (exact) mass is 330 g/mol. The topological polar surface area (TPSA) is 92.4 Å². The van der Waals surface area contributed by atoms with Gasteiger partial charge in [-0.1, -0.05) is 36.4 Å². The van der Waals surface area contributed by atoms with Crippen LogP contribution in [0.2, 0.25) is 0 Å². The summed E-state index contributed by atoms with van der Waals surface area (Å²) < 4.78 is 0. The van der Waals surface area contributed by atoms with Gasteiger partial charge in [-0.05, 0) is 28.8 Å². The molecular formula is C17H18N2O3S. The van der Waals surface area contributed by atoms with E-state index in [0.717, 1.165) is 16.7 Å². The molecule has 0 aliphatic carbocycles. The van der Waals surface area contributed by atoms with E-state index in [-0.39, 0.29) is 18.1 Å². The van der Waals surface area contributed by atoms with Gasteiger partial charge < -0.3 is 16.2 Å². The minimum Gasteiger partial charge on any atom is -0.481 e. The van der Waals surface area contributed by atoms with E-state index in [4.69, 9.17) is 10.8 Å². The Kier molecular flexibility index (Phi) is 5.78. The Labute approximate surface area is 139 Å². The number of rotatable bonds is 6. The van der Waals surface area contributed by atoms with Gasteiger partial charge in [0.25, 0.3) is 0 Å². The molecule has 23 heavy (non-hydrogen) atoms. The first-order chi connectivity index (χ1) is 11.0. The predicted octanol–water partition coefficient (Wildman–Crippen LogP) is 2.18. The Morgan fingerprint density at radius 1 is 1.13 bits per heavy atom. The summed E-state index contributed by atoms with van der Waals surface area (Å²) in [4.78, 5) is 22.5. The zero-order chi connectivity index (χ0) is 16.8. The smallest absolute Gasteiger partial charge is 0.307 e. The van der Waals surface area contributed by atoms with Crippen molar-refractivity contribution in [2.75, 3.05) is 11.1 Å². The van der Waals surface area contributed by atoms with Crippen molar-refractivity contribution in [3.63, 3.8) is 0 Å². The van der Waals surface area contributed by atoms with Crippen molar-refractivity contribution in [3.8, 4) is 11.1 Å². The standard InChI is InChI=1S/C17H18N2O3S/c18-15(10-23)17(22)19-14-6-4-12(5-7-14)13-3-1-2-11(8-13)9-16(20)21/h1-8,15,23H,9-10,18H2,(H,19,22)(H,20,21)/t15-/m0/s1. The lowest BCUT2D eigenvalue weighted by Crippen LogP contribution is -2.37. The summed E-state index contributed by atoms with van der Waals surface area (Å²) in [5.74, 6) is -0.864. The highest BCUT2D eigenvalue weighted by Gasteiger charge is 2.11. The molecule has 0 saturated carbocycles. The maximum Gasteiger partial charge on any atom is 0.307 e. The van der Waals surface area contributed by atoms with Crippen LogP contribution < -0.4 is 11.1 Å². The fourth-order valence-electron chi connectivity index (χ4n) is 2.10. The minimum atomic E-state index is -0.860. The van der Waals surface area contributed by atoms with Gasteiger partial charge in [0, 0.05) is 11.4 Å². The van der Waals surface area contributed by atoms with Gasteiger partial charge >= 0.3 is 5.97 Å². The van der Waals surface area contributed by atoms with Gasteiger partial charge in [0.1, 0.15) is 0 Å². The number of aliphatic carboxylic acids is 1. The van der Waals surface area contributed by atoms with Crippen LogP contribution in [0.3, 0.4) is 0 Å². The van der Waals surface area contributed by atoms with Crippen molar-refractivity contribution >= 4 is 30.2 Å². The van der Waals surface area contributed by atoms with E-state index in [1.54, 1.807) is 18.2 Å². The van der Waals surface area contributed by atoms with E-state index in [2.05, 4.69) is 17.9 Å². The Morgan fingerprint density at radius 2 is 1.83 bits per heavy atom. The Hall–Kier alpha value is -2.31. The van der Waals surface area contributed by atoms with Gasteiger partial charge in [0.2, 0.25) is 5.91 Å². The molecule has 2 aromatic carbocycles. The molecule has 1 atom stereocenters. The normalized spacial score (nSPS) is 11.7. The van der Waals surface area contributed by atoms with Gasteiger partial charge in [-0.15, -0.1) is 0 Å². The number of nitrogens with one attached hydrogen (secondary N) is 1. The summed E-state index contributed by atoms with van der Waals surface area (Å²) in [6.45, 7) is 0. The molecule has 2 aromatic rings. The molecule has 4 N–H and O–H groups in total. The van der Waals surface area contributed by atoms with Crippen LogP contribution in [0.25, 0.3) is 11.1 Å². The largest absolute Gasteiger partial charge is 0.481 e. The maximum atomic E-state index is 11.7. The third-order valence-corrected chi connectivity index (χ3v) is 3.69. The molecule has 0 heterocycles. The number of hydrogen-bond acceptors (Lipinski definition) is 4. The van der Waals surface area contributed by atoms with Gasteiger partial charge in [-0.2, -0.15) is 12.6 Å². The number of amides is 1. The molecule has 0 spiro atoms. The molecule has 0 unspecified atom stereocenters. The highest BCUT2D eigenvalue weighted by atomic mass is 32.1. The highest BCUT2D eigenvalue weighted by molar-refractivity contribution is 7.80. The number of anilines is 1. The number of carbonyl (C=O) groups is 2. The molecule has 0 fully saturated rings. The lowest BCUT2D eigenvalue weighted by molar-refractivity contribution is -0.136. The first-order valence-electron chi connectivity index (χ1n) is 7.08. The molecule has 5 nitrogen and oxygen atoms in total. The summed E-state index contributed by atoms with van der Waals surface area (Å²) in [5.41, 5.74) is 8.86. The molecule has 6 heteroatoms. The summed E-state index contributed by atoms with van der Waals surface area (Å²) in [5, 5.41) is 11.6. The van der Waals surface area contributed by atoms with Gasteiger partial charge in [0.05, 0.1) is 12.5 Å². The van der Waals surface area contributed by atoms with Crippen LogP contribution in [0, 0.1) is 0 Å². The van der Waals surface area contributed by atoms with Crippen molar-refractivity contribution in [1.29, 1.82) is 0 Å². The van der Waals surface area contributed by atoms with Gasteiger partial charge in [-0.3, -0.25) is 9.59 Å². The highest BCUT2D eigenvalue weighted by Crippen LogP contribution is 2.22. The molecule has 120 valence electrons. The van der Waals surface area contributed by atoms with Crippen LogP contribution in [0.4, 0.5) is 5.69 Å². The zero-order valence-electron chi connectivity index (χ0n) is 12.4. The number of thiol groups is 1. The minimum absolute atomic E-state index is 0.0103. The summed E-state index contributed by atoms with van der Waals surface area (Å²) in [6.07, 6.45) is -0.0103. The second kappa shape index (κ2) is 7.80. The van der Waals surface area contributed by atoms with Crippen LogP contribution in [0.1, 0.15) is 5.56 Å². The van der Waals surface area contributed by atoms with Crippen molar-refractivity contribution < 1.29 is 14.7 Å². The van der Waals surface area contributed by atoms with E-state index in [9.17, 15) is 9.59 Å². The average molecular weight is 330 g/mol. The summed E-state index contributed by atoms with van der Waals surface area (Å²) in [6, 6.07) is 14.0.